The van der Waals surface area contributed by atoms with Crippen molar-refractivity contribution >= 4 is 36.0 Å². The molecule has 0 aromatic heterocycles. The Morgan fingerprint density at radius 3 is 2.30 bits per heavy atom. The molecule has 0 bridgehead atoms. The summed E-state index contributed by atoms with van der Waals surface area (Å²) in [5.74, 6) is 2.03. The Bertz CT molecular complexity index is 677. The lowest BCUT2D eigenvalue weighted by molar-refractivity contribution is 0.0253. The van der Waals surface area contributed by atoms with Gasteiger partial charge in [-0.25, -0.2) is 4.79 Å². The topological polar surface area (TPSA) is 84.4 Å². The van der Waals surface area contributed by atoms with E-state index in [1.807, 2.05) is 45.9 Å². The van der Waals surface area contributed by atoms with Gasteiger partial charge in [0, 0.05) is 33.2 Å². The molecule has 0 aliphatic carbocycles. The van der Waals surface area contributed by atoms with Crippen LogP contribution < -0.4 is 20.1 Å². The van der Waals surface area contributed by atoms with Crippen LogP contribution in [-0.4, -0.2) is 63.5 Å². The molecule has 0 radical (unpaired) electrons. The average molecular weight is 536 g/mol. The summed E-state index contributed by atoms with van der Waals surface area (Å²) in [6, 6.07) is 5.76. The molecule has 0 saturated heterocycles. The fourth-order valence-corrected chi connectivity index (χ4v) is 2.60. The molecule has 1 aromatic carbocycles. The molecule has 30 heavy (non-hydrogen) atoms. The zero-order valence-electron chi connectivity index (χ0n) is 19.2. The minimum Gasteiger partial charge on any atom is -0.493 e. The van der Waals surface area contributed by atoms with Crippen molar-refractivity contribution in [2.45, 2.75) is 46.3 Å². The number of aliphatic imine (C=N–C) groups is 1. The fourth-order valence-electron chi connectivity index (χ4n) is 2.60. The van der Waals surface area contributed by atoms with Gasteiger partial charge in [0.05, 0.1) is 14.2 Å². The Labute approximate surface area is 197 Å². The Morgan fingerprint density at radius 2 is 1.77 bits per heavy atom. The number of hydrogen-bond donors (Lipinski definition) is 2. The molecular weight excluding hydrogens is 499 g/mol. The van der Waals surface area contributed by atoms with E-state index < -0.39 is 5.60 Å². The van der Waals surface area contributed by atoms with Crippen LogP contribution in [0.2, 0.25) is 0 Å². The summed E-state index contributed by atoms with van der Waals surface area (Å²) in [6.45, 7) is 9.95. The smallest absolute Gasteiger partial charge is 0.410 e. The van der Waals surface area contributed by atoms with Crippen molar-refractivity contribution in [2.24, 2.45) is 4.99 Å². The van der Waals surface area contributed by atoms with E-state index in [9.17, 15) is 4.79 Å². The van der Waals surface area contributed by atoms with Crippen molar-refractivity contribution in [1.82, 2.24) is 15.5 Å². The summed E-state index contributed by atoms with van der Waals surface area (Å²) < 4.78 is 16.1. The molecule has 0 spiro atoms. The largest absolute Gasteiger partial charge is 0.493 e. The molecule has 8 nitrogen and oxygen atoms in total. The van der Waals surface area contributed by atoms with Crippen LogP contribution >= 0.6 is 24.0 Å². The van der Waals surface area contributed by atoms with Crippen LogP contribution in [-0.2, 0) is 11.3 Å². The predicted molar refractivity (Wildman–Crippen MR) is 131 cm³/mol. The lowest BCUT2D eigenvalue weighted by Gasteiger charge is -2.27. The molecule has 1 amide bonds. The molecular formula is C21H37IN4O4. The number of benzene rings is 1. The Hall–Kier alpha value is -1.91. The number of hydrogen-bond acceptors (Lipinski definition) is 5. The lowest BCUT2D eigenvalue weighted by Crippen LogP contribution is -2.44. The van der Waals surface area contributed by atoms with Gasteiger partial charge in [-0.15, -0.1) is 24.0 Å². The van der Waals surface area contributed by atoms with Crippen molar-refractivity contribution in [3.8, 4) is 11.5 Å². The van der Waals surface area contributed by atoms with Crippen LogP contribution in [0.1, 0.15) is 39.7 Å². The van der Waals surface area contributed by atoms with Gasteiger partial charge >= 0.3 is 6.09 Å². The van der Waals surface area contributed by atoms with Crippen molar-refractivity contribution in [2.75, 3.05) is 40.9 Å². The molecule has 0 aliphatic heterocycles. The molecule has 1 aromatic rings. The molecule has 0 saturated carbocycles. The van der Waals surface area contributed by atoms with Crippen molar-refractivity contribution < 1.29 is 19.0 Å². The van der Waals surface area contributed by atoms with Crippen molar-refractivity contribution in [1.29, 1.82) is 0 Å². The molecule has 0 aliphatic rings. The third kappa shape index (κ3) is 10.2. The number of carbonyl (C=O) groups is 1. The number of guanidine groups is 1. The number of nitrogens with zero attached hydrogens (tertiary/aromatic N) is 2. The Kier molecular flexibility index (Phi) is 13.3. The van der Waals surface area contributed by atoms with E-state index in [2.05, 4.69) is 15.6 Å². The summed E-state index contributed by atoms with van der Waals surface area (Å²) >= 11 is 0. The molecule has 0 unspecified atom stereocenters. The number of amides is 1. The molecule has 1 rings (SSSR count). The molecule has 9 heteroatoms. The van der Waals surface area contributed by atoms with Gasteiger partial charge in [0.15, 0.2) is 17.5 Å². The van der Waals surface area contributed by atoms with Crippen molar-refractivity contribution in [3.05, 3.63) is 23.8 Å². The van der Waals surface area contributed by atoms with Crippen LogP contribution in [0.4, 0.5) is 4.79 Å². The second kappa shape index (κ2) is 14.2. The highest BCUT2D eigenvalue weighted by molar-refractivity contribution is 14.0. The molecule has 2 N–H and O–H groups in total. The predicted octanol–water partition coefficient (Wildman–Crippen LogP) is 3.63. The summed E-state index contributed by atoms with van der Waals surface area (Å²) in [6.07, 6.45) is 0.570. The molecule has 0 atom stereocenters. The maximum Gasteiger partial charge on any atom is 0.410 e. The van der Waals surface area contributed by atoms with Gasteiger partial charge in [-0.3, -0.25) is 4.99 Å². The van der Waals surface area contributed by atoms with Crippen LogP contribution in [0.5, 0.6) is 11.5 Å². The van der Waals surface area contributed by atoms with E-state index in [4.69, 9.17) is 14.2 Å². The second-order valence-corrected chi connectivity index (χ2v) is 7.51. The standard InChI is InChI=1S/C21H36N4O4.HI/c1-8-12-25(20(26)29-21(2,3)4)13-11-23-19(22-5)24-15-16-9-10-17(27-6)18(14-16)28-7;/h9-10,14H,8,11-13,15H2,1-7H3,(H2,22,23,24);1H. The number of rotatable bonds is 9. The second-order valence-electron chi connectivity index (χ2n) is 7.51. The zero-order chi connectivity index (χ0) is 21.9. The number of carbonyl (C=O) groups excluding carboxylic acids is 1. The van der Waals surface area contributed by atoms with E-state index in [0.29, 0.717) is 43.6 Å². The van der Waals surface area contributed by atoms with Gasteiger partial charge in [0.2, 0.25) is 0 Å². The maximum absolute atomic E-state index is 12.3. The van der Waals surface area contributed by atoms with E-state index >= 15 is 0 Å². The minimum atomic E-state index is -0.506. The highest BCUT2D eigenvalue weighted by Gasteiger charge is 2.21. The van der Waals surface area contributed by atoms with Crippen LogP contribution in [0.15, 0.2) is 23.2 Å². The normalized spacial score (nSPS) is 11.2. The summed E-state index contributed by atoms with van der Waals surface area (Å²) in [5.41, 5.74) is 0.528. The van der Waals surface area contributed by atoms with E-state index in [0.717, 1.165) is 12.0 Å². The summed E-state index contributed by atoms with van der Waals surface area (Å²) in [4.78, 5) is 18.3. The average Bonchev–Trinajstić information content (AvgIpc) is 2.68. The first-order valence-corrected chi connectivity index (χ1v) is 9.87. The van der Waals surface area contributed by atoms with Crippen LogP contribution in [0.3, 0.4) is 0 Å². The van der Waals surface area contributed by atoms with E-state index in [1.165, 1.54) is 0 Å². The van der Waals surface area contributed by atoms with Crippen LogP contribution in [0.25, 0.3) is 0 Å². The quantitative estimate of drug-likeness (QED) is 0.285. The van der Waals surface area contributed by atoms with Gasteiger partial charge in [0.1, 0.15) is 5.60 Å². The first-order valence-electron chi connectivity index (χ1n) is 9.87. The van der Waals surface area contributed by atoms with Crippen molar-refractivity contribution in [3.63, 3.8) is 0 Å². The fraction of sp³-hybridized carbons (Fsp3) is 0.619. The first-order chi connectivity index (χ1) is 13.7. The van der Waals surface area contributed by atoms with E-state index in [-0.39, 0.29) is 30.1 Å². The number of methoxy groups -OCH3 is 2. The van der Waals surface area contributed by atoms with Gasteiger partial charge in [0.25, 0.3) is 0 Å². The Balaban J connectivity index is 0.00000841. The highest BCUT2D eigenvalue weighted by atomic mass is 127. The lowest BCUT2D eigenvalue weighted by atomic mass is 10.2. The minimum absolute atomic E-state index is 0. The Morgan fingerprint density at radius 1 is 1.10 bits per heavy atom. The zero-order valence-corrected chi connectivity index (χ0v) is 21.5. The summed E-state index contributed by atoms with van der Waals surface area (Å²) in [5, 5.41) is 6.49. The van der Waals surface area contributed by atoms with Crippen LogP contribution in [0, 0.1) is 0 Å². The summed E-state index contributed by atoms with van der Waals surface area (Å²) in [7, 11) is 4.94. The number of ether oxygens (including phenoxy) is 3. The molecule has 172 valence electrons. The molecule has 0 heterocycles. The maximum atomic E-state index is 12.3. The highest BCUT2D eigenvalue weighted by Crippen LogP contribution is 2.27. The van der Waals surface area contributed by atoms with Gasteiger partial charge in [-0.05, 0) is 44.9 Å². The SMILES string of the molecule is CCCN(CCNC(=NC)NCc1ccc(OC)c(OC)c1)C(=O)OC(C)(C)C.I. The first kappa shape index (κ1) is 28.1. The van der Waals surface area contributed by atoms with Gasteiger partial charge < -0.3 is 29.7 Å². The third-order valence-electron chi connectivity index (χ3n) is 3.95. The monoisotopic (exact) mass is 536 g/mol. The van der Waals surface area contributed by atoms with E-state index in [1.54, 1.807) is 26.2 Å². The van der Waals surface area contributed by atoms with Gasteiger partial charge in [-0.2, -0.15) is 0 Å². The number of halogens is 1. The van der Waals surface area contributed by atoms with Gasteiger partial charge in [-0.1, -0.05) is 13.0 Å². The molecule has 0 fully saturated rings. The third-order valence-corrected chi connectivity index (χ3v) is 3.95. The number of nitrogens with one attached hydrogen (secondary N) is 2.